The van der Waals surface area contributed by atoms with Crippen LogP contribution in [0.15, 0.2) is 59.6 Å². The second-order valence-corrected chi connectivity index (χ2v) is 8.21. The molecule has 0 radical (unpaired) electrons. The van der Waals surface area contributed by atoms with Gasteiger partial charge in [0.2, 0.25) is 10.0 Å². The minimum Gasteiger partial charge on any atom is -0.479 e. The first kappa shape index (κ1) is 21.8. The summed E-state index contributed by atoms with van der Waals surface area (Å²) in [6.45, 7) is 0. The van der Waals surface area contributed by atoms with Gasteiger partial charge in [-0.15, -0.1) is 0 Å². The highest BCUT2D eigenvalue weighted by Crippen LogP contribution is 2.39. The number of sulfonamides is 1. The van der Waals surface area contributed by atoms with Crippen molar-refractivity contribution in [3.8, 4) is 11.1 Å². The molecule has 0 aliphatic rings. The Labute approximate surface area is 173 Å². The molecule has 7 nitrogen and oxygen atoms in total. The predicted octanol–water partition coefficient (Wildman–Crippen LogP) is 3.54. The molecule has 3 aromatic rings. The van der Waals surface area contributed by atoms with E-state index in [1.807, 2.05) is 0 Å². The number of aliphatic carboxylic acids is 1. The summed E-state index contributed by atoms with van der Waals surface area (Å²) < 4.78 is 64.8. The van der Waals surface area contributed by atoms with Crippen molar-refractivity contribution in [2.45, 2.75) is 17.1 Å². The van der Waals surface area contributed by atoms with Crippen LogP contribution >= 0.6 is 11.6 Å². The summed E-state index contributed by atoms with van der Waals surface area (Å²) in [5.41, 5.74) is -1.57. The fourth-order valence-corrected chi connectivity index (χ4v) is 3.55. The lowest BCUT2D eigenvalue weighted by molar-refractivity contribution is -0.148. The fourth-order valence-electron chi connectivity index (χ4n) is 2.91. The summed E-state index contributed by atoms with van der Waals surface area (Å²) >= 11 is 5.78. The lowest BCUT2D eigenvalue weighted by atomic mass is 10.0. The second-order valence-electron chi connectivity index (χ2n) is 6.21. The number of aromatic nitrogens is 2. The van der Waals surface area contributed by atoms with Crippen LogP contribution in [0.3, 0.4) is 0 Å². The van der Waals surface area contributed by atoms with Crippen LogP contribution in [-0.4, -0.2) is 29.3 Å². The van der Waals surface area contributed by atoms with Gasteiger partial charge in [0.25, 0.3) is 0 Å². The molecule has 0 saturated carbocycles. The lowest BCUT2D eigenvalue weighted by Gasteiger charge is -2.19. The quantitative estimate of drug-likeness (QED) is 0.605. The Balaban J connectivity index is 2.18. The molecule has 3 rings (SSSR count). The van der Waals surface area contributed by atoms with E-state index in [1.165, 1.54) is 24.3 Å². The third kappa shape index (κ3) is 4.32. The predicted molar refractivity (Wildman–Crippen MR) is 101 cm³/mol. The molecule has 0 aliphatic carbocycles. The molecular formula is C18H13ClF3N3O4S. The molecular weight excluding hydrogens is 447 g/mol. The van der Waals surface area contributed by atoms with Crippen LogP contribution in [0.4, 0.5) is 13.2 Å². The zero-order chi connectivity index (χ0) is 22.3. The van der Waals surface area contributed by atoms with Crippen LogP contribution in [0.2, 0.25) is 5.02 Å². The topological polar surface area (TPSA) is 115 Å². The maximum absolute atomic E-state index is 13.9. The van der Waals surface area contributed by atoms with Gasteiger partial charge in [-0.25, -0.2) is 23.0 Å². The number of carboxylic acid groups (broad SMARTS) is 1. The summed E-state index contributed by atoms with van der Waals surface area (Å²) in [7, 11) is -4.06. The van der Waals surface area contributed by atoms with Crippen LogP contribution in [0.25, 0.3) is 11.1 Å². The molecule has 1 atom stereocenters. The lowest BCUT2D eigenvalue weighted by Crippen LogP contribution is -2.26. The molecule has 30 heavy (non-hydrogen) atoms. The Bertz CT molecular complexity index is 1190. The molecule has 2 aromatic carbocycles. The van der Waals surface area contributed by atoms with E-state index in [0.717, 1.165) is 30.5 Å². The van der Waals surface area contributed by atoms with Gasteiger partial charge in [0.1, 0.15) is 0 Å². The van der Waals surface area contributed by atoms with E-state index in [4.69, 9.17) is 16.7 Å². The summed E-state index contributed by atoms with van der Waals surface area (Å²) in [6.07, 6.45) is -4.01. The molecule has 12 heteroatoms. The summed E-state index contributed by atoms with van der Waals surface area (Å²) in [5, 5.41) is 18.6. The van der Waals surface area contributed by atoms with E-state index < -0.39 is 33.9 Å². The van der Waals surface area contributed by atoms with Gasteiger partial charge in [0.15, 0.2) is 11.7 Å². The van der Waals surface area contributed by atoms with Crippen LogP contribution in [0.1, 0.15) is 17.3 Å². The molecule has 0 amide bonds. The van der Waals surface area contributed by atoms with Crippen molar-refractivity contribution in [3.05, 3.63) is 71.0 Å². The fraction of sp³-hybridized carbons (Fsp3) is 0.111. The van der Waals surface area contributed by atoms with Gasteiger partial charge in [-0.2, -0.15) is 18.3 Å². The number of primary sulfonamides is 1. The molecule has 0 fully saturated rings. The third-order valence-corrected chi connectivity index (χ3v) is 5.40. The van der Waals surface area contributed by atoms with Gasteiger partial charge in [0, 0.05) is 10.6 Å². The van der Waals surface area contributed by atoms with Crippen molar-refractivity contribution < 1.29 is 31.5 Å². The molecule has 3 N–H and O–H groups in total. The highest BCUT2D eigenvalue weighted by atomic mass is 35.5. The average Bonchev–Trinajstić information content (AvgIpc) is 3.07. The minimum atomic E-state index is -4.93. The first-order valence-corrected chi connectivity index (χ1v) is 10.1. The monoisotopic (exact) mass is 459 g/mol. The number of halogens is 4. The van der Waals surface area contributed by atoms with Crippen LogP contribution in [-0.2, 0) is 21.0 Å². The van der Waals surface area contributed by atoms with Gasteiger partial charge in [-0.1, -0.05) is 35.9 Å². The van der Waals surface area contributed by atoms with Crippen molar-refractivity contribution in [2.75, 3.05) is 0 Å². The van der Waals surface area contributed by atoms with E-state index >= 15 is 0 Å². The maximum Gasteiger partial charge on any atom is 0.433 e. The van der Waals surface area contributed by atoms with E-state index in [0.29, 0.717) is 9.70 Å². The van der Waals surface area contributed by atoms with Gasteiger partial charge >= 0.3 is 12.1 Å². The van der Waals surface area contributed by atoms with Crippen molar-refractivity contribution in [1.82, 2.24) is 9.78 Å². The van der Waals surface area contributed by atoms with Crippen LogP contribution < -0.4 is 5.14 Å². The molecule has 0 aliphatic heterocycles. The summed E-state index contributed by atoms with van der Waals surface area (Å²) in [4.78, 5) is 11.6. The van der Waals surface area contributed by atoms with Crippen LogP contribution in [0.5, 0.6) is 0 Å². The number of nitrogens with zero attached hydrogens (tertiary/aromatic N) is 2. The molecule has 1 unspecified atom stereocenters. The molecule has 158 valence electrons. The smallest absolute Gasteiger partial charge is 0.433 e. The molecule has 1 heterocycles. The number of rotatable bonds is 5. The molecule has 1 aromatic heterocycles. The van der Waals surface area contributed by atoms with Crippen molar-refractivity contribution in [1.29, 1.82) is 0 Å². The van der Waals surface area contributed by atoms with E-state index in [1.54, 1.807) is 0 Å². The SMILES string of the molecule is NS(=O)(=O)c1ccc(C(C(=O)O)n2ncc(-c3ccc(Cl)cc3)c2C(F)(F)F)cc1. The molecule has 0 saturated heterocycles. The normalized spacial score (nSPS) is 13.2. The summed E-state index contributed by atoms with van der Waals surface area (Å²) in [5.74, 6) is -1.62. The van der Waals surface area contributed by atoms with E-state index in [9.17, 15) is 31.5 Å². The Morgan fingerprint density at radius 3 is 2.13 bits per heavy atom. The Kier molecular flexibility index (Phi) is 5.63. The highest BCUT2D eigenvalue weighted by molar-refractivity contribution is 7.89. The maximum atomic E-state index is 13.9. The third-order valence-electron chi connectivity index (χ3n) is 4.22. The Morgan fingerprint density at radius 1 is 1.10 bits per heavy atom. The van der Waals surface area contributed by atoms with Crippen molar-refractivity contribution in [2.24, 2.45) is 5.14 Å². The summed E-state index contributed by atoms with van der Waals surface area (Å²) in [6, 6.07) is 7.81. The Morgan fingerprint density at radius 2 is 1.67 bits per heavy atom. The number of carbonyl (C=O) groups is 1. The minimum absolute atomic E-state index is 0.119. The van der Waals surface area contributed by atoms with E-state index in [-0.39, 0.29) is 21.6 Å². The van der Waals surface area contributed by atoms with Gasteiger partial charge in [0.05, 0.1) is 11.1 Å². The van der Waals surface area contributed by atoms with E-state index in [2.05, 4.69) is 5.10 Å². The standard InChI is InChI=1S/C18H13ClF3N3O4S/c19-12-5-1-10(2-6-12)14-9-24-25(16(14)18(20,21)22)15(17(26)27)11-3-7-13(8-4-11)30(23,28)29/h1-9,15H,(H,26,27)(H2,23,28,29). The molecule has 0 bridgehead atoms. The number of nitrogens with two attached hydrogens (primary N) is 1. The number of benzene rings is 2. The number of hydrogen-bond donors (Lipinski definition) is 2. The van der Waals surface area contributed by atoms with Gasteiger partial charge < -0.3 is 5.11 Å². The van der Waals surface area contributed by atoms with Crippen LogP contribution in [0, 0.1) is 0 Å². The largest absolute Gasteiger partial charge is 0.479 e. The molecule has 0 spiro atoms. The van der Waals surface area contributed by atoms with Gasteiger partial charge in [-0.3, -0.25) is 0 Å². The first-order chi connectivity index (χ1) is 13.9. The first-order valence-electron chi connectivity index (χ1n) is 8.16. The second kappa shape index (κ2) is 7.74. The van der Waals surface area contributed by atoms with Crippen molar-refractivity contribution in [3.63, 3.8) is 0 Å². The van der Waals surface area contributed by atoms with Crippen molar-refractivity contribution >= 4 is 27.6 Å². The number of alkyl halides is 3. The highest BCUT2D eigenvalue weighted by Gasteiger charge is 2.42. The zero-order valence-corrected chi connectivity index (χ0v) is 16.4. The number of carboxylic acids is 1. The Hall–Kier alpha value is -2.89. The van der Waals surface area contributed by atoms with Gasteiger partial charge in [-0.05, 0) is 35.4 Å². The number of hydrogen-bond acceptors (Lipinski definition) is 4. The average molecular weight is 460 g/mol. The zero-order valence-electron chi connectivity index (χ0n) is 14.8.